The number of carbonyl (C=O) groups excluding carboxylic acids is 1. The summed E-state index contributed by atoms with van der Waals surface area (Å²) >= 11 is 5.91. The molecule has 0 unspecified atom stereocenters. The number of ether oxygens (including phenoxy) is 2. The molecule has 2 aromatic carbocycles. The predicted molar refractivity (Wildman–Crippen MR) is 87.8 cm³/mol. The fraction of sp³-hybridized carbons (Fsp3) is 0.235. The summed E-state index contributed by atoms with van der Waals surface area (Å²) in [6, 6.07) is 14.1. The second kappa shape index (κ2) is 8.41. The van der Waals surface area contributed by atoms with Crippen LogP contribution in [0.3, 0.4) is 0 Å². The molecule has 0 aliphatic heterocycles. The lowest BCUT2D eigenvalue weighted by molar-refractivity contribution is 0.0998. The molecule has 1 N–H and O–H groups in total. The Hall–Kier alpha value is -2.04. The number of nitrogens with one attached hydrogen (secondary N) is 1. The van der Waals surface area contributed by atoms with E-state index in [1.165, 1.54) is 0 Å². The van der Waals surface area contributed by atoms with Crippen LogP contribution in [0.4, 0.5) is 5.69 Å². The number of rotatable bonds is 7. The fourth-order valence-corrected chi connectivity index (χ4v) is 2.09. The number of para-hydroxylation sites is 1. The smallest absolute Gasteiger partial charge is 0.259 e. The number of halogens is 1. The molecule has 0 fully saturated rings. The normalized spacial score (nSPS) is 10.3. The van der Waals surface area contributed by atoms with Crippen molar-refractivity contribution in [1.82, 2.24) is 0 Å². The first-order valence-corrected chi connectivity index (χ1v) is 7.45. The fourth-order valence-electron chi connectivity index (χ4n) is 1.90. The first-order valence-electron chi connectivity index (χ1n) is 7.07. The van der Waals surface area contributed by atoms with Gasteiger partial charge in [-0.2, -0.15) is 0 Å². The molecule has 0 aliphatic rings. The van der Waals surface area contributed by atoms with Crippen LogP contribution in [0.25, 0.3) is 0 Å². The summed E-state index contributed by atoms with van der Waals surface area (Å²) in [6.07, 6.45) is 0. The Balaban J connectivity index is 2.05. The third-order valence-electron chi connectivity index (χ3n) is 2.90. The molecule has 22 heavy (non-hydrogen) atoms. The van der Waals surface area contributed by atoms with Crippen molar-refractivity contribution in [3.63, 3.8) is 0 Å². The minimum Gasteiger partial charge on any atom is -0.490 e. The van der Waals surface area contributed by atoms with Crippen molar-refractivity contribution >= 4 is 23.2 Å². The van der Waals surface area contributed by atoms with Crippen LogP contribution in [0.2, 0.25) is 5.02 Å². The van der Waals surface area contributed by atoms with Gasteiger partial charge in [-0.1, -0.05) is 29.8 Å². The highest BCUT2D eigenvalue weighted by atomic mass is 35.5. The van der Waals surface area contributed by atoms with E-state index in [0.717, 1.165) is 0 Å². The lowest BCUT2D eigenvalue weighted by Gasteiger charge is -2.12. The largest absolute Gasteiger partial charge is 0.490 e. The van der Waals surface area contributed by atoms with Gasteiger partial charge in [0.15, 0.2) is 0 Å². The van der Waals surface area contributed by atoms with Gasteiger partial charge in [0.1, 0.15) is 12.4 Å². The van der Waals surface area contributed by atoms with E-state index in [4.69, 9.17) is 21.1 Å². The lowest BCUT2D eigenvalue weighted by atomic mass is 10.2. The summed E-state index contributed by atoms with van der Waals surface area (Å²) in [7, 11) is 0. The van der Waals surface area contributed by atoms with Crippen molar-refractivity contribution in [2.24, 2.45) is 0 Å². The highest BCUT2D eigenvalue weighted by Gasteiger charge is 2.12. The summed E-state index contributed by atoms with van der Waals surface area (Å²) in [6.45, 7) is 3.45. The van der Waals surface area contributed by atoms with Gasteiger partial charge < -0.3 is 14.8 Å². The number of carbonyl (C=O) groups is 1. The maximum absolute atomic E-state index is 12.4. The quantitative estimate of drug-likeness (QED) is 0.784. The Morgan fingerprint density at radius 3 is 2.73 bits per heavy atom. The molecule has 2 rings (SSSR count). The van der Waals surface area contributed by atoms with Crippen LogP contribution in [0, 0.1) is 0 Å². The van der Waals surface area contributed by atoms with Crippen molar-refractivity contribution < 1.29 is 14.3 Å². The van der Waals surface area contributed by atoms with E-state index in [1.54, 1.807) is 42.5 Å². The van der Waals surface area contributed by atoms with Crippen LogP contribution >= 0.6 is 11.6 Å². The van der Waals surface area contributed by atoms with Gasteiger partial charge in [-0.3, -0.25) is 4.79 Å². The van der Waals surface area contributed by atoms with Crippen LogP contribution in [-0.4, -0.2) is 25.7 Å². The molecule has 116 valence electrons. The first kappa shape index (κ1) is 16.3. The van der Waals surface area contributed by atoms with Crippen LogP contribution < -0.4 is 10.1 Å². The monoisotopic (exact) mass is 319 g/mol. The van der Waals surface area contributed by atoms with Gasteiger partial charge in [0.25, 0.3) is 5.91 Å². The first-order chi connectivity index (χ1) is 10.7. The topological polar surface area (TPSA) is 47.6 Å². The maximum atomic E-state index is 12.4. The Morgan fingerprint density at radius 2 is 1.95 bits per heavy atom. The van der Waals surface area contributed by atoms with Crippen molar-refractivity contribution in [3.05, 3.63) is 59.1 Å². The minimum atomic E-state index is -0.241. The zero-order valence-electron chi connectivity index (χ0n) is 12.3. The summed E-state index contributed by atoms with van der Waals surface area (Å²) in [4.78, 5) is 12.4. The molecule has 4 nitrogen and oxygen atoms in total. The summed E-state index contributed by atoms with van der Waals surface area (Å²) in [5, 5.41) is 3.37. The van der Waals surface area contributed by atoms with Crippen molar-refractivity contribution in [2.75, 3.05) is 25.1 Å². The number of amides is 1. The van der Waals surface area contributed by atoms with Crippen LogP contribution in [0.5, 0.6) is 5.75 Å². The highest BCUT2D eigenvalue weighted by molar-refractivity contribution is 6.31. The number of hydrogen-bond acceptors (Lipinski definition) is 3. The van der Waals surface area contributed by atoms with Crippen molar-refractivity contribution in [1.29, 1.82) is 0 Å². The van der Waals surface area contributed by atoms with Gasteiger partial charge in [-0.05, 0) is 37.3 Å². The maximum Gasteiger partial charge on any atom is 0.259 e. The summed E-state index contributed by atoms with van der Waals surface area (Å²) in [5.41, 5.74) is 1.11. The predicted octanol–water partition coefficient (Wildman–Crippen LogP) is 4.01. The zero-order chi connectivity index (χ0) is 15.8. The molecule has 5 heteroatoms. The number of benzene rings is 2. The van der Waals surface area contributed by atoms with Crippen molar-refractivity contribution in [2.45, 2.75) is 6.92 Å². The van der Waals surface area contributed by atoms with E-state index in [2.05, 4.69) is 5.32 Å². The van der Waals surface area contributed by atoms with Gasteiger partial charge in [0, 0.05) is 17.3 Å². The van der Waals surface area contributed by atoms with Gasteiger partial charge in [0.2, 0.25) is 0 Å². The molecular formula is C17H18ClNO3. The molecule has 0 bridgehead atoms. The summed E-state index contributed by atoms with van der Waals surface area (Å²) in [5.74, 6) is 0.288. The highest BCUT2D eigenvalue weighted by Crippen LogP contribution is 2.21. The molecule has 0 aliphatic carbocycles. The van der Waals surface area contributed by atoms with Crippen LogP contribution in [-0.2, 0) is 4.74 Å². The minimum absolute atomic E-state index is 0.241. The molecule has 0 saturated heterocycles. The average molecular weight is 320 g/mol. The molecular weight excluding hydrogens is 302 g/mol. The SMILES string of the molecule is CCOCCOc1ccccc1C(=O)Nc1cccc(Cl)c1. The Kier molecular flexibility index (Phi) is 6.25. The van der Waals surface area contributed by atoms with E-state index >= 15 is 0 Å². The van der Waals surface area contributed by atoms with E-state index in [-0.39, 0.29) is 5.91 Å². The molecule has 1 amide bonds. The van der Waals surface area contributed by atoms with Gasteiger partial charge in [-0.15, -0.1) is 0 Å². The Morgan fingerprint density at radius 1 is 1.14 bits per heavy atom. The number of hydrogen-bond donors (Lipinski definition) is 1. The van der Waals surface area contributed by atoms with E-state index < -0.39 is 0 Å². The molecule has 0 atom stereocenters. The van der Waals surface area contributed by atoms with E-state index in [1.807, 2.05) is 13.0 Å². The zero-order valence-corrected chi connectivity index (χ0v) is 13.1. The van der Waals surface area contributed by atoms with Crippen LogP contribution in [0.1, 0.15) is 17.3 Å². The molecule has 2 aromatic rings. The Labute approximate surface area is 135 Å². The third-order valence-corrected chi connectivity index (χ3v) is 3.14. The van der Waals surface area contributed by atoms with Gasteiger partial charge >= 0.3 is 0 Å². The number of anilines is 1. The van der Waals surface area contributed by atoms with E-state index in [0.29, 0.717) is 41.8 Å². The van der Waals surface area contributed by atoms with Gasteiger partial charge in [-0.25, -0.2) is 0 Å². The Bertz CT molecular complexity index is 631. The third kappa shape index (κ3) is 4.76. The second-order valence-corrected chi connectivity index (χ2v) is 4.94. The van der Waals surface area contributed by atoms with Gasteiger partial charge in [0.05, 0.1) is 12.2 Å². The lowest BCUT2D eigenvalue weighted by Crippen LogP contribution is -2.15. The standard InChI is InChI=1S/C17H18ClNO3/c1-2-21-10-11-22-16-9-4-3-8-15(16)17(20)19-14-7-5-6-13(18)12-14/h3-9,12H,2,10-11H2,1H3,(H,19,20). The molecule has 0 saturated carbocycles. The summed E-state index contributed by atoms with van der Waals surface area (Å²) < 4.78 is 10.8. The second-order valence-electron chi connectivity index (χ2n) is 4.51. The van der Waals surface area contributed by atoms with Crippen LogP contribution in [0.15, 0.2) is 48.5 Å². The molecule has 0 heterocycles. The molecule has 0 radical (unpaired) electrons. The molecule has 0 aromatic heterocycles. The van der Waals surface area contributed by atoms with E-state index in [9.17, 15) is 4.79 Å². The van der Waals surface area contributed by atoms with Crippen molar-refractivity contribution in [3.8, 4) is 5.75 Å². The molecule has 0 spiro atoms. The average Bonchev–Trinajstić information content (AvgIpc) is 2.52.